The molecule has 4 aromatic carbocycles. The summed E-state index contributed by atoms with van der Waals surface area (Å²) in [5, 5.41) is 4.61. The van der Waals surface area contributed by atoms with Gasteiger partial charge in [-0.25, -0.2) is 34.4 Å². The molecule has 11 nitrogen and oxygen atoms in total. The van der Waals surface area contributed by atoms with Crippen LogP contribution in [0.4, 0.5) is 40.3 Å². The number of carbonyl (C=O) groups is 1. The van der Waals surface area contributed by atoms with Gasteiger partial charge in [-0.2, -0.15) is 0 Å². The minimum atomic E-state index is -3.68. The van der Waals surface area contributed by atoms with E-state index in [0.29, 0.717) is 18.4 Å². The fourth-order valence-electron chi connectivity index (χ4n) is 4.97. The number of carbonyl (C=O) groups excluding carboxylic acids is 1. The van der Waals surface area contributed by atoms with E-state index in [9.17, 15) is 39.2 Å². The minimum Gasteiger partial charge on any atom is -0.394 e. The number of nitrogens with two attached hydrogens (primary N) is 1. The normalized spacial score (nSPS) is 11.2. The summed E-state index contributed by atoms with van der Waals surface area (Å²) in [4.78, 5) is 18.8. The lowest BCUT2D eigenvalue weighted by Crippen LogP contribution is -2.17. The summed E-state index contributed by atoms with van der Waals surface area (Å²) in [7, 11) is -7.28. The number of aldehydes is 1. The lowest BCUT2D eigenvalue weighted by Gasteiger charge is -2.13. The smallest absolute Gasteiger partial charge is 0.232 e. The molecule has 0 amide bonds. The van der Waals surface area contributed by atoms with Crippen molar-refractivity contribution in [3.05, 3.63) is 132 Å². The molecule has 0 fully saturated rings. The van der Waals surface area contributed by atoms with Gasteiger partial charge < -0.3 is 11.1 Å². The summed E-state index contributed by atoms with van der Waals surface area (Å²) < 4.78 is 105. The Kier molecular flexibility index (Phi) is 14.5. The first-order chi connectivity index (χ1) is 26.2. The second kappa shape index (κ2) is 19.0. The van der Waals surface area contributed by atoms with Crippen molar-refractivity contribution in [2.45, 2.75) is 33.2 Å². The predicted molar refractivity (Wildman–Crippen MR) is 209 cm³/mol. The Hall–Kier alpha value is -5.81. The van der Waals surface area contributed by atoms with E-state index in [1.807, 2.05) is 65.4 Å². The van der Waals surface area contributed by atoms with Crippen LogP contribution in [-0.4, -0.2) is 44.6 Å². The van der Waals surface area contributed by atoms with Crippen molar-refractivity contribution in [1.29, 1.82) is 0 Å². The van der Waals surface area contributed by atoms with Crippen molar-refractivity contribution in [2.75, 3.05) is 32.0 Å². The number of nitrogens with one attached hydrogen (secondary N) is 3. The maximum Gasteiger partial charge on any atom is 0.232 e. The molecule has 0 unspecified atom stereocenters. The predicted octanol–water partition coefficient (Wildman–Crippen LogP) is 8.02. The highest BCUT2D eigenvalue weighted by Crippen LogP contribution is 2.28. The van der Waals surface area contributed by atoms with Crippen LogP contribution in [0.1, 0.15) is 42.6 Å². The number of sulfonamides is 2. The summed E-state index contributed by atoms with van der Waals surface area (Å²) in [6, 6.07) is 22.9. The van der Waals surface area contributed by atoms with Gasteiger partial charge in [0.05, 0.1) is 33.9 Å². The molecule has 2 aromatic heterocycles. The fourth-order valence-corrected chi connectivity index (χ4v) is 7.24. The van der Waals surface area contributed by atoms with Crippen molar-refractivity contribution < 1.29 is 39.2 Å². The molecular formula is C38H38F4N6O5S2. The number of fused-ring (bicyclic) bond motifs is 2. The van der Waals surface area contributed by atoms with Gasteiger partial charge in [-0.15, -0.1) is 0 Å². The van der Waals surface area contributed by atoms with Crippen LogP contribution in [-0.2, 0) is 26.6 Å². The van der Waals surface area contributed by atoms with Crippen LogP contribution in [0.2, 0.25) is 0 Å². The van der Waals surface area contributed by atoms with Gasteiger partial charge in [-0.3, -0.25) is 24.2 Å². The Bertz CT molecular complexity index is 2510. The molecule has 55 heavy (non-hydrogen) atoms. The molecule has 0 radical (unpaired) electrons. The molecule has 5 N–H and O–H groups in total. The van der Waals surface area contributed by atoms with E-state index in [1.165, 1.54) is 0 Å². The number of rotatable bonds is 12. The van der Waals surface area contributed by atoms with E-state index in [1.54, 1.807) is 26.2 Å². The Morgan fingerprint density at radius 1 is 0.673 bits per heavy atom. The first-order valence-corrected chi connectivity index (χ1v) is 20.1. The summed E-state index contributed by atoms with van der Waals surface area (Å²) in [5.41, 5.74) is 6.48. The van der Waals surface area contributed by atoms with Gasteiger partial charge in [0.15, 0.2) is 17.9 Å². The maximum absolute atomic E-state index is 14.6. The van der Waals surface area contributed by atoms with Crippen molar-refractivity contribution in [3.63, 3.8) is 0 Å². The summed E-state index contributed by atoms with van der Waals surface area (Å²) in [6.45, 7) is 3.51. The monoisotopic (exact) mass is 798 g/mol. The molecule has 0 bridgehead atoms. The Labute approximate surface area is 316 Å². The molecule has 17 heteroatoms. The van der Waals surface area contributed by atoms with E-state index in [4.69, 9.17) is 5.73 Å². The van der Waals surface area contributed by atoms with E-state index < -0.39 is 49.0 Å². The van der Waals surface area contributed by atoms with Gasteiger partial charge in [0.25, 0.3) is 0 Å². The van der Waals surface area contributed by atoms with E-state index in [2.05, 4.69) is 20.0 Å². The number of nitrogen functional groups attached to an aromatic ring is 1. The molecular weight excluding hydrogens is 761 g/mol. The van der Waals surface area contributed by atoms with E-state index >= 15 is 0 Å². The first-order valence-electron chi connectivity index (χ1n) is 16.8. The molecule has 0 atom stereocenters. The van der Waals surface area contributed by atoms with Crippen molar-refractivity contribution in [3.8, 4) is 0 Å². The fraction of sp³-hybridized carbons (Fsp3) is 0.184. The third kappa shape index (κ3) is 11.8. The lowest BCUT2D eigenvalue weighted by molar-refractivity contribution is 0.112. The van der Waals surface area contributed by atoms with Crippen LogP contribution in [0.15, 0.2) is 97.3 Å². The van der Waals surface area contributed by atoms with Crippen molar-refractivity contribution in [1.82, 2.24) is 9.97 Å². The third-order valence-corrected chi connectivity index (χ3v) is 10.5. The zero-order chi connectivity index (χ0) is 40.2. The zero-order valence-corrected chi connectivity index (χ0v) is 31.3. The van der Waals surface area contributed by atoms with Gasteiger partial charge >= 0.3 is 0 Å². The lowest BCUT2D eigenvalue weighted by atomic mass is 10.1. The Morgan fingerprint density at radius 3 is 1.75 bits per heavy atom. The van der Waals surface area contributed by atoms with Crippen LogP contribution in [0, 0.1) is 23.3 Å². The Morgan fingerprint density at radius 2 is 1.18 bits per heavy atom. The second-order valence-corrected chi connectivity index (χ2v) is 15.6. The van der Waals surface area contributed by atoms with Gasteiger partial charge in [0, 0.05) is 35.3 Å². The quantitative estimate of drug-likeness (QED) is 0.0543. The number of hydrogen-bond donors (Lipinski definition) is 4. The molecule has 0 saturated carbocycles. The number of anilines is 4. The molecule has 0 aliphatic heterocycles. The van der Waals surface area contributed by atoms with Crippen LogP contribution in [0.5, 0.6) is 0 Å². The standard InChI is InChI=1S/C19H19F2N3O2S.C10H7NO.C9H12F2N2O2S/c1-2-9-27(25,26)24-17-8-7-15(20)19(18(17)21)23-12-13-10-14-5-3-4-6-16(14)22-11-13;12-7-8-5-9-3-1-2-4-10(9)11-6-8;1-2-5-16(14,15)13-7-4-3-6(10)9(12)8(7)11/h3-8,10-11,23-24H,2,9,12H2,1H3;1-7H;3-4,13H,2,5,12H2,1H3. The first kappa shape index (κ1) is 41.9. The zero-order valence-electron chi connectivity index (χ0n) is 29.7. The molecule has 2 heterocycles. The molecule has 6 rings (SSSR count). The average molecular weight is 799 g/mol. The highest BCUT2D eigenvalue weighted by Gasteiger charge is 2.18. The van der Waals surface area contributed by atoms with E-state index in [0.717, 1.165) is 57.9 Å². The number of pyridine rings is 2. The number of benzene rings is 4. The van der Waals surface area contributed by atoms with Crippen LogP contribution in [0.25, 0.3) is 21.8 Å². The van der Waals surface area contributed by atoms with Crippen molar-refractivity contribution in [2.24, 2.45) is 0 Å². The number of nitrogens with zero attached hydrogens (tertiary/aromatic N) is 2. The van der Waals surface area contributed by atoms with Crippen molar-refractivity contribution >= 4 is 70.9 Å². The van der Waals surface area contributed by atoms with Gasteiger partial charge in [0.2, 0.25) is 20.0 Å². The van der Waals surface area contributed by atoms with Crippen LogP contribution >= 0.6 is 0 Å². The number of hydrogen-bond acceptors (Lipinski definition) is 9. The highest BCUT2D eigenvalue weighted by atomic mass is 32.2. The van der Waals surface area contributed by atoms with Gasteiger partial charge in [-0.05, 0) is 66.9 Å². The van der Waals surface area contributed by atoms with E-state index in [-0.39, 0.29) is 35.1 Å². The summed E-state index contributed by atoms with van der Waals surface area (Å²) in [6.07, 6.45) is 4.79. The van der Waals surface area contributed by atoms with Crippen LogP contribution < -0.4 is 20.5 Å². The maximum atomic E-state index is 14.6. The molecule has 0 saturated heterocycles. The number of para-hydroxylation sites is 2. The number of aromatic nitrogens is 2. The molecule has 0 aliphatic carbocycles. The molecule has 6 aromatic rings. The Balaban J connectivity index is 0.000000203. The SMILES string of the molecule is CCCS(=O)(=O)Nc1ccc(F)c(N)c1F.CCCS(=O)(=O)Nc1ccc(F)c(NCc2cnc3ccccc3c2)c1F.O=Cc1cnc2ccccc2c1. The topological polar surface area (TPSA) is 173 Å². The molecule has 0 aliphatic rings. The number of halogens is 4. The average Bonchev–Trinajstić information content (AvgIpc) is 3.16. The summed E-state index contributed by atoms with van der Waals surface area (Å²) >= 11 is 0. The van der Waals surface area contributed by atoms with Gasteiger partial charge in [-0.1, -0.05) is 50.2 Å². The molecule has 0 spiro atoms. The minimum absolute atomic E-state index is 0.135. The second-order valence-electron chi connectivity index (χ2n) is 11.9. The largest absolute Gasteiger partial charge is 0.394 e. The molecule has 290 valence electrons. The highest BCUT2D eigenvalue weighted by molar-refractivity contribution is 7.92. The summed E-state index contributed by atoms with van der Waals surface area (Å²) in [5.74, 6) is -4.09. The third-order valence-electron chi connectivity index (χ3n) is 7.56. The van der Waals surface area contributed by atoms with Gasteiger partial charge in [0.1, 0.15) is 23.0 Å². The van der Waals surface area contributed by atoms with Crippen LogP contribution in [0.3, 0.4) is 0 Å².